The van der Waals surface area contributed by atoms with E-state index in [0.29, 0.717) is 17.5 Å². The molecule has 4 aromatic rings. The molecule has 0 bridgehead atoms. The molecule has 2 aromatic carbocycles. The molecule has 9 heteroatoms. The molecule has 6 nitrogen and oxygen atoms in total. The molecule has 130 valence electrons. The Bertz CT molecular complexity index is 1010. The van der Waals surface area contributed by atoms with Crippen molar-refractivity contribution in [1.29, 1.82) is 0 Å². The predicted molar refractivity (Wildman–Crippen MR) is 107 cm³/mol. The Kier molecular flexibility index (Phi) is 5.28. The maximum absolute atomic E-state index is 5.33. The first-order valence-electron chi connectivity index (χ1n) is 7.63. The Morgan fingerprint density at radius 1 is 1.08 bits per heavy atom. The van der Waals surface area contributed by atoms with Gasteiger partial charge in [-0.25, -0.2) is 0 Å². The second-order valence-electron chi connectivity index (χ2n) is 5.17. The number of rotatable bonds is 6. The van der Waals surface area contributed by atoms with Crippen LogP contribution in [0, 0.1) is 0 Å². The fourth-order valence-electron chi connectivity index (χ4n) is 2.15. The first-order chi connectivity index (χ1) is 12.8. The number of hydrogen-bond donors (Lipinski definition) is 1. The van der Waals surface area contributed by atoms with Crippen LogP contribution in [0.15, 0.2) is 67.9 Å². The normalized spacial score (nSPS) is 10.8. The van der Waals surface area contributed by atoms with Gasteiger partial charge in [0.1, 0.15) is 0 Å². The van der Waals surface area contributed by atoms with Crippen molar-refractivity contribution in [3.8, 4) is 11.4 Å². The SMILES string of the molecule is Brc1cccc(-c2noc(CSc3nnc(Nc4ccccc4)s3)n2)c1. The van der Waals surface area contributed by atoms with Crippen LogP contribution in [0.5, 0.6) is 0 Å². The van der Waals surface area contributed by atoms with E-state index in [-0.39, 0.29) is 0 Å². The molecule has 0 atom stereocenters. The van der Waals surface area contributed by atoms with Gasteiger partial charge in [0.05, 0.1) is 5.75 Å². The molecular formula is C17H12BrN5OS2. The lowest BCUT2D eigenvalue weighted by atomic mass is 10.2. The maximum Gasteiger partial charge on any atom is 0.237 e. The topological polar surface area (TPSA) is 76.7 Å². The zero-order valence-electron chi connectivity index (χ0n) is 13.3. The number of para-hydroxylation sites is 1. The third-order valence-corrected chi connectivity index (χ3v) is 5.75. The van der Waals surface area contributed by atoms with E-state index < -0.39 is 0 Å². The molecule has 2 aromatic heterocycles. The summed E-state index contributed by atoms with van der Waals surface area (Å²) >= 11 is 6.45. The summed E-state index contributed by atoms with van der Waals surface area (Å²) in [5.41, 5.74) is 1.89. The van der Waals surface area contributed by atoms with Gasteiger partial charge in [-0.2, -0.15) is 4.98 Å². The van der Waals surface area contributed by atoms with Gasteiger partial charge in [0.25, 0.3) is 0 Å². The van der Waals surface area contributed by atoms with Crippen LogP contribution in [-0.2, 0) is 5.75 Å². The summed E-state index contributed by atoms with van der Waals surface area (Å²) in [5, 5.41) is 16.3. The molecule has 0 saturated carbocycles. The first kappa shape index (κ1) is 17.2. The quantitative estimate of drug-likeness (QED) is 0.398. The number of nitrogens with zero attached hydrogens (tertiary/aromatic N) is 4. The minimum Gasteiger partial charge on any atom is -0.338 e. The summed E-state index contributed by atoms with van der Waals surface area (Å²) in [6, 6.07) is 17.7. The van der Waals surface area contributed by atoms with Gasteiger partial charge in [0.2, 0.25) is 16.8 Å². The minimum atomic E-state index is 0.543. The van der Waals surface area contributed by atoms with Crippen molar-refractivity contribution in [2.24, 2.45) is 0 Å². The first-order valence-corrected chi connectivity index (χ1v) is 10.2. The number of nitrogens with one attached hydrogen (secondary N) is 1. The number of hydrogen-bond acceptors (Lipinski definition) is 8. The lowest BCUT2D eigenvalue weighted by Crippen LogP contribution is -1.87. The zero-order valence-corrected chi connectivity index (χ0v) is 16.5. The molecule has 0 radical (unpaired) electrons. The summed E-state index contributed by atoms with van der Waals surface area (Å²) in [6.07, 6.45) is 0. The summed E-state index contributed by atoms with van der Waals surface area (Å²) in [7, 11) is 0. The Balaban J connectivity index is 1.38. The van der Waals surface area contributed by atoms with Crippen LogP contribution < -0.4 is 5.32 Å². The fourth-order valence-corrected chi connectivity index (χ4v) is 4.15. The molecule has 0 unspecified atom stereocenters. The number of anilines is 2. The van der Waals surface area contributed by atoms with Gasteiger partial charge < -0.3 is 9.84 Å². The molecule has 0 aliphatic carbocycles. The second kappa shape index (κ2) is 7.98. The van der Waals surface area contributed by atoms with E-state index in [9.17, 15) is 0 Å². The number of thioether (sulfide) groups is 1. The van der Waals surface area contributed by atoms with E-state index in [1.807, 2.05) is 54.6 Å². The van der Waals surface area contributed by atoms with Gasteiger partial charge in [-0.05, 0) is 24.3 Å². The van der Waals surface area contributed by atoms with Crippen molar-refractivity contribution in [3.05, 3.63) is 65.0 Å². The monoisotopic (exact) mass is 445 g/mol. The molecule has 4 rings (SSSR count). The van der Waals surface area contributed by atoms with Gasteiger partial charge in [0.15, 0.2) is 4.34 Å². The van der Waals surface area contributed by atoms with Crippen molar-refractivity contribution < 1.29 is 4.52 Å². The summed E-state index contributed by atoms with van der Waals surface area (Å²) in [6.45, 7) is 0. The van der Waals surface area contributed by atoms with Gasteiger partial charge >= 0.3 is 0 Å². The highest BCUT2D eigenvalue weighted by Crippen LogP contribution is 2.30. The molecule has 0 saturated heterocycles. The van der Waals surface area contributed by atoms with Crippen molar-refractivity contribution in [3.63, 3.8) is 0 Å². The molecule has 26 heavy (non-hydrogen) atoms. The number of benzene rings is 2. The third kappa shape index (κ3) is 4.29. The zero-order chi connectivity index (χ0) is 17.8. The summed E-state index contributed by atoms with van der Waals surface area (Å²) in [4.78, 5) is 4.43. The fraction of sp³-hybridized carbons (Fsp3) is 0.0588. The molecule has 0 aliphatic heterocycles. The maximum atomic E-state index is 5.33. The van der Waals surface area contributed by atoms with Gasteiger partial charge in [-0.15, -0.1) is 10.2 Å². The summed E-state index contributed by atoms with van der Waals surface area (Å²) < 4.78 is 7.14. The van der Waals surface area contributed by atoms with Gasteiger partial charge in [-0.1, -0.05) is 74.5 Å². The Labute approximate surface area is 166 Å². The molecule has 0 fully saturated rings. The second-order valence-corrected chi connectivity index (χ2v) is 8.29. The van der Waals surface area contributed by atoms with Crippen LogP contribution in [-0.4, -0.2) is 20.3 Å². The average Bonchev–Trinajstić information content (AvgIpc) is 3.30. The molecule has 0 spiro atoms. The third-order valence-electron chi connectivity index (χ3n) is 3.30. The Morgan fingerprint density at radius 3 is 2.81 bits per heavy atom. The van der Waals surface area contributed by atoms with Crippen LogP contribution in [0.1, 0.15) is 5.89 Å². The van der Waals surface area contributed by atoms with E-state index in [2.05, 4.69) is 41.6 Å². The van der Waals surface area contributed by atoms with Crippen LogP contribution in [0.3, 0.4) is 0 Å². The van der Waals surface area contributed by atoms with E-state index in [0.717, 1.165) is 25.2 Å². The lowest BCUT2D eigenvalue weighted by Gasteiger charge is -1.99. The number of aromatic nitrogens is 4. The standard InChI is InChI=1S/C17H12BrN5OS2/c18-12-6-4-5-11(9-12)15-20-14(24-23-15)10-25-17-22-21-16(26-17)19-13-7-2-1-3-8-13/h1-9H,10H2,(H,19,21). The Morgan fingerprint density at radius 2 is 1.96 bits per heavy atom. The molecule has 2 heterocycles. The highest BCUT2D eigenvalue weighted by molar-refractivity contribution is 9.10. The highest BCUT2D eigenvalue weighted by Gasteiger charge is 2.11. The van der Waals surface area contributed by atoms with Gasteiger partial charge in [-0.3, -0.25) is 0 Å². The van der Waals surface area contributed by atoms with Crippen molar-refractivity contribution in [1.82, 2.24) is 20.3 Å². The van der Waals surface area contributed by atoms with Crippen LogP contribution in [0.4, 0.5) is 10.8 Å². The Hall–Kier alpha value is -2.23. The number of halogens is 1. The highest BCUT2D eigenvalue weighted by atomic mass is 79.9. The molecule has 1 N–H and O–H groups in total. The smallest absolute Gasteiger partial charge is 0.237 e. The van der Waals surface area contributed by atoms with E-state index in [4.69, 9.17) is 4.52 Å². The van der Waals surface area contributed by atoms with Crippen molar-refractivity contribution >= 4 is 49.8 Å². The van der Waals surface area contributed by atoms with E-state index in [1.165, 1.54) is 23.1 Å². The summed E-state index contributed by atoms with van der Waals surface area (Å²) in [5.74, 6) is 1.67. The predicted octanol–water partition coefficient (Wildman–Crippen LogP) is 5.39. The molecule has 0 amide bonds. The molecule has 0 aliphatic rings. The van der Waals surface area contributed by atoms with E-state index in [1.54, 1.807) is 0 Å². The molecular weight excluding hydrogens is 434 g/mol. The van der Waals surface area contributed by atoms with Crippen LogP contribution in [0.2, 0.25) is 0 Å². The largest absolute Gasteiger partial charge is 0.338 e. The van der Waals surface area contributed by atoms with Gasteiger partial charge in [0, 0.05) is 15.7 Å². The minimum absolute atomic E-state index is 0.543. The van der Waals surface area contributed by atoms with Crippen LogP contribution >= 0.6 is 39.0 Å². The van der Waals surface area contributed by atoms with Crippen molar-refractivity contribution in [2.45, 2.75) is 10.1 Å². The van der Waals surface area contributed by atoms with Crippen molar-refractivity contribution in [2.75, 3.05) is 5.32 Å². The van der Waals surface area contributed by atoms with E-state index >= 15 is 0 Å². The lowest BCUT2D eigenvalue weighted by molar-refractivity contribution is 0.391. The average molecular weight is 446 g/mol. The van der Waals surface area contributed by atoms with Crippen LogP contribution in [0.25, 0.3) is 11.4 Å².